The van der Waals surface area contributed by atoms with Crippen molar-refractivity contribution in [3.63, 3.8) is 0 Å². The average Bonchev–Trinajstić information content (AvgIpc) is 1.60. The van der Waals surface area contributed by atoms with Crippen LogP contribution >= 0.6 is 0 Å². The molecule has 0 aromatic heterocycles. The molecular formula is C71H94N5O15S+. The van der Waals surface area contributed by atoms with Crippen molar-refractivity contribution in [3.05, 3.63) is 136 Å². The molecule has 2 aliphatic heterocycles. The normalized spacial score (nSPS) is 16.9. The van der Waals surface area contributed by atoms with E-state index in [9.17, 15) is 61.5 Å². The first-order valence-corrected chi connectivity index (χ1v) is 34.1. The molecule has 3 amide bonds. The molecular weight excluding hydrogens is 1190 g/mol. The topological polar surface area (TPSA) is 303 Å². The Kier molecular flexibility index (Phi) is 27.4. The molecule has 0 saturated heterocycles. The third-order valence-corrected chi connectivity index (χ3v) is 18.4. The van der Waals surface area contributed by atoms with Crippen molar-refractivity contribution in [2.75, 3.05) is 30.3 Å². The number of hydrogen-bond acceptors (Lipinski definition) is 12. The maximum absolute atomic E-state index is 13.9. The van der Waals surface area contributed by atoms with E-state index in [0.717, 1.165) is 59.7 Å². The Bertz CT molecular complexity index is 3440. The van der Waals surface area contributed by atoms with Gasteiger partial charge >= 0.3 is 23.9 Å². The van der Waals surface area contributed by atoms with Gasteiger partial charge in [0.05, 0.1) is 23.1 Å². The lowest BCUT2D eigenvalue weighted by Crippen LogP contribution is -2.50. The number of carboxylic acids is 3. The molecule has 1 aliphatic carbocycles. The molecule has 3 aromatic carbocycles. The van der Waals surface area contributed by atoms with Crippen LogP contribution < -0.4 is 25.6 Å². The summed E-state index contributed by atoms with van der Waals surface area (Å²) in [5.74, 6) is -4.08. The monoisotopic (exact) mass is 1290 g/mol. The molecule has 92 heavy (non-hydrogen) atoms. The number of carboxylic acid groups (broad SMARTS) is 3. The SMILES string of the molecule is CCN1C(=CC=C2CCCC(C=CC3=[N+](CCCS(=O)(=O)O)c4ccc(C(=O)CCCCCC(CC(=O)CCCCCCC(=O)NCCCC[C@H](NC(=O)N[C@@H](CCC(=O)O)C(C)=O)C(=O)O)C(=O)O)cc4C3(C)C)=C2Oc2ccccc2)C(C)(C)c2ccccc21. The summed E-state index contributed by atoms with van der Waals surface area (Å²) in [4.78, 5) is 101. The van der Waals surface area contributed by atoms with Crippen LogP contribution in [-0.4, -0.2) is 123 Å². The Hall–Kier alpha value is -8.04. The van der Waals surface area contributed by atoms with Gasteiger partial charge in [0, 0.05) is 91.7 Å². The number of rotatable bonds is 39. The molecule has 1 unspecified atom stereocenters. The fraction of sp³-hybridized carbons (Fsp3) is 0.507. The standard InChI is InChI=1S/C71H93N5O15S/c1-7-75-59-32-19-18-30-55(59)70(3,4)62(75)40-36-49-25-22-26-50(66(49)91-54-28-14-11-15-29-54)37-41-63-71(5,6)56-47-51(35-39-60(56)76(63)44-23-45-92(88,89)90)61(79)33-16-10-12-24-52(67(83)84)46-53(78)27-13-8-9-17-34-64(80)72-43-21-20-31-58(68(85)86)74-69(87)73-57(48(2)77)38-42-65(81)82/h11,14-15,18-19,28-30,32,35-37,39-41,47,52,57-58H,7-10,12-13,16-17,20-27,31,33-34,38,42-46H2,1-6H3,(H6-,72,73,74,80,81,82,83,84,85,86,87,88,89,90)/p+1/t52?,57-,58-/m0/s1. The summed E-state index contributed by atoms with van der Waals surface area (Å²) >= 11 is 0. The molecule has 0 spiro atoms. The first-order chi connectivity index (χ1) is 43.7. The van der Waals surface area contributed by atoms with Crippen molar-refractivity contribution >= 4 is 74.4 Å². The molecule has 0 bridgehead atoms. The molecule has 3 atom stereocenters. The lowest BCUT2D eigenvalue weighted by atomic mass is 9.80. The minimum atomic E-state index is -4.23. The van der Waals surface area contributed by atoms with Gasteiger partial charge in [-0.25, -0.2) is 9.59 Å². The smallest absolute Gasteiger partial charge is 0.326 e. The van der Waals surface area contributed by atoms with E-state index in [-0.39, 0.29) is 74.3 Å². The van der Waals surface area contributed by atoms with Crippen LogP contribution in [0.25, 0.3) is 0 Å². The Morgan fingerprint density at radius 2 is 1.37 bits per heavy atom. The molecule has 21 heteroatoms. The van der Waals surface area contributed by atoms with E-state index in [0.29, 0.717) is 88.6 Å². The quantitative estimate of drug-likeness (QED) is 0.0121. The van der Waals surface area contributed by atoms with Gasteiger partial charge in [-0.1, -0.05) is 82.0 Å². The van der Waals surface area contributed by atoms with Crippen molar-refractivity contribution < 1.29 is 76.0 Å². The van der Waals surface area contributed by atoms with Gasteiger partial charge in [-0.3, -0.25) is 33.3 Å². The van der Waals surface area contributed by atoms with Crippen molar-refractivity contribution in [2.45, 2.75) is 199 Å². The predicted octanol–water partition coefficient (Wildman–Crippen LogP) is 12.0. The number of nitrogens with one attached hydrogen (secondary N) is 3. The van der Waals surface area contributed by atoms with E-state index in [4.69, 9.17) is 9.84 Å². The summed E-state index contributed by atoms with van der Waals surface area (Å²) in [6.07, 6.45) is 16.7. The molecule has 498 valence electrons. The highest BCUT2D eigenvalue weighted by Crippen LogP contribution is 2.48. The van der Waals surface area contributed by atoms with Crippen LogP contribution in [0.4, 0.5) is 16.2 Å². The maximum Gasteiger partial charge on any atom is 0.326 e. The number of likely N-dealkylation sites (N-methyl/N-ethyl adjacent to an activating group) is 1. The first-order valence-electron chi connectivity index (χ1n) is 32.5. The molecule has 0 fully saturated rings. The molecule has 7 N–H and O–H groups in total. The zero-order valence-electron chi connectivity index (χ0n) is 54.2. The third kappa shape index (κ3) is 21.3. The van der Waals surface area contributed by atoms with Gasteiger partial charge in [0.2, 0.25) is 11.6 Å². The van der Waals surface area contributed by atoms with E-state index in [1.807, 2.05) is 42.5 Å². The van der Waals surface area contributed by atoms with E-state index in [2.05, 4.69) is 109 Å². The number of Topliss-reactive ketones (excluding diaryl/α,β-unsaturated/α-hetero) is 3. The highest BCUT2D eigenvalue weighted by atomic mass is 32.2. The van der Waals surface area contributed by atoms with E-state index < -0.39 is 69.0 Å². The van der Waals surface area contributed by atoms with Gasteiger partial charge in [-0.2, -0.15) is 13.0 Å². The molecule has 6 rings (SSSR count). The second-order valence-corrected chi connectivity index (χ2v) is 26.9. The number of aliphatic carboxylic acids is 3. The zero-order chi connectivity index (χ0) is 67.2. The van der Waals surface area contributed by atoms with E-state index in [1.165, 1.54) is 23.9 Å². The average molecular weight is 1290 g/mol. The van der Waals surface area contributed by atoms with Crippen molar-refractivity contribution in [1.82, 2.24) is 16.0 Å². The fourth-order valence-electron chi connectivity index (χ4n) is 12.5. The number of fused-ring (bicyclic) bond motifs is 2. The molecule has 2 heterocycles. The number of unbranched alkanes of at least 4 members (excludes halogenated alkanes) is 6. The zero-order valence-corrected chi connectivity index (χ0v) is 55.0. The van der Waals surface area contributed by atoms with Crippen LogP contribution in [0, 0.1) is 5.92 Å². The highest BCUT2D eigenvalue weighted by Gasteiger charge is 2.45. The van der Waals surface area contributed by atoms with Gasteiger partial charge in [0.1, 0.15) is 29.9 Å². The van der Waals surface area contributed by atoms with Crippen molar-refractivity contribution in [1.29, 1.82) is 0 Å². The Labute approximate surface area is 541 Å². The number of ether oxygens (including phenoxy) is 1. The second kappa shape index (κ2) is 34.6. The minimum absolute atomic E-state index is 0.0582. The second-order valence-electron chi connectivity index (χ2n) is 25.3. The van der Waals surface area contributed by atoms with Gasteiger partial charge in [-0.15, -0.1) is 0 Å². The van der Waals surface area contributed by atoms with E-state index in [1.54, 1.807) is 6.07 Å². The maximum atomic E-state index is 13.9. The molecule has 3 aliphatic rings. The van der Waals surface area contributed by atoms with Crippen LogP contribution in [0.2, 0.25) is 0 Å². The summed E-state index contributed by atoms with van der Waals surface area (Å²) in [6.45, 7) is 13.5. The third-order valence-electron chi connectivity index (χ3n) is 17.6. The van der Waals surface area contributed by atoms with E-state index >= 15 is 0 Å². The Balaban J connectivity index is 0.975. The van der Waals surface area contributed by atoms with Crippen LogP contribution in [-0.2, 0) is 49.7 Å². The van der Waals surface area contributed by atoms with Gasteiger partial charge in [0.15, 0.2) is 17.3 Å². The predicted molar refractivity (Wildman–Crippen MR) is 353 cm³/mol. The highest BCUT2D eigenvalue weighted by molar-refractivity contribution is 7.85. The lowest BCUT2D eigenvalue weighted by Gasteiger charge is -2.26. The van der Waals surface area contributed by atoms with Crippen LogP contribution in [0.15, 0.2) is 120 Å². The summed E-state index contributed by atoms with van der Waals surface area (Å²) < 4.78 is 42.6. The molecule has 0 saturated carbocycles. The molecule has 3 aromatic rings. The minimum Gasteiger partial charge on any atom is -0.481 e. The molecule has 20 nitrogen and oxygen atoms in total. The van der Waals surface area contributed by atoms with Crippen molar-refractivity contribution in [3.8, 4) is 5.75 Å². The first kappa shape index (κ1) is 73.0. The van der Waals surface area contributed by atoms with Crippen LogP contribution in [0.1, 0.15) is 198 Å². The fourth-order valence-corrected chi connectivity index (χ4v) is 13.0. The molecule has 0 radical (unpaired) electrons. The number of amides is 3. The number of urea groups is 1. The number of carbonyl (C=O) groups excluding carboxylic acids is 5. The number of nitrogens with zero attached hydrogens (tertiary/aromatic N) is 2. The number of hydrogen-bond donors (Lipinski definition) is 7. The summed E-state index contributed by atoms with van der Waals surface area (Å²) in [5, 5.41) is 35.8. The summed E-state index contributed by atoms with van der Waals surface area (Å²) in [7, 11) is -4.23. The van der Waals surface area contributed by atoms with Crippen LogP contribution in [0.5, 0.6) is 5.75 Å². The number of anilines is 1. The number of para-hydroxylation sites is 2. The van der Waals surface area contributed by atoms with Gasteiger partial charge in [0.25, 0.3) is 10.1 Å². The summed E-state index contributed by atoms with van der Waals surface area (Å²) in [6, 6.07) is 20.7. The van der Waals surface area contributed by atoms with Crippen molar-refractivity contribution in [2.24, 2.45) is 5.92 Å². The number of ketones is 3. The van der Waals surface area contributed by atoms with Crippen LogP contribution in [0.3, 0.4) is 0 Å². The Morgan fingerprint density at radius 3 is 2.05 bits per heavy atom. The number of carbonyl (C=O) groups is 8. The van der Waals surface area contributed by atoms with Gasteiger partial charge in [-0.05, 0) is 158 Å². The number of benzene rings is 3. The van der Waals surface area contributed by atoms with Gasteiger partial charge < -0.3 is 40.9 Å². The number of allylic oxidation sites excluding steroid dienone is 7. The summed E-state index contributed by atoms with van der Waals surface area (Å²) in [5.41, 5.74) is 8.10. The Morgan fingerprint density at radius 1 is 0.696 bits per heavy atom. The lowest BCUT2D eigenvalue weighted by molar-refractivity contribution is -0.437. The largest absolute Gasteiger partial charge is 0.481 e.